The molecule has 1 aliphatic heterocycles. The number of hydrogen-bond acceptors (Lipinski definition) is 5. The van der Waals surface area contributed by atoms with Crippen molar-refractivity contribution >= 4 is 40.6 Å². The third-order valence-corrected chi connectivity index (χ3v) is 4.84. The number of ether oxygens (including phenoxy) is 1. The van der Waals surface area contributed by atoms with Crippen LogP contribution in [0.2, 0.25) is 0 Å². The first-order chi connectivity index (χ1) is 12.9. The number of esters is 1. The van der Waals surface area contributed by atoms with Gasteiger partial charge < -0.3 is 25.2 Å². The standard InChI is InChI=1S/C19H28N4O3S/c1-4-5-6-17(24)21-19(27)20-15-13-14(18(25)26-3)7-8-16(15)23-11-9-22(2)10-12-23/h7-8,13H,4-6,9-12H2,1-3H3,(H2,20,21,24,27)/p+1. The van der Waals surface area contributed by atoms with E-state index >= 15 is 0 Å². The van der Waals surface area contributed by atoms with E-state index in [0.29, 0.717) is 17.7 Å². The van der Waals surface area contributed by atoms with Gasteiger partial charge in [0.05, 0.1) is 57.3 Å². The molecule has 0 spiro atoms. The smallest absolute Gasteiger partial charge is 0.337 e. The number of amides is 1. The molecule has 7 nitrogen and oxygen atoms in total. The summed E-state index contributed by atoms with van der Waals surface area (Å²) in [7, 11) is 3.53. The minimum atomic E-state index is -0.412. The van der Waals surface area contributed by atoms with Gasteiger partial charge in [0.15, 0.2) is 5.11 Å². The zero-order valence-electron chi connectivity index (χ0n) is 16.3. The number of nitrogens with zero attached hydrogens (tertiary/aromatic N) is 1. The Hall–Kier alpha value is -2.19. The van der Waals surface area contributed by atoms with Crippen molar-refractivity contribution in [3.63, 3.8) is 0 Å². The normalized spacial score (nSPS) is 14.6. The Balaban J connectivity index is 2.18. The van der Waals surface area contributed by atoms with Crippen LogP contribution in [0.1, 0.15) is 36.5 Å². The third kappa shape index (κ3) is 6.18. The average Bonchev–Trinajstić information content (AvgIpc) is 2.66. The molecule has 0 radical (unpaired) electrons. The second-order valence-electron chi connectivity index (χ2n) is 6.77. The molecule has 1 heterocycles. The molecule has 0 atom stereocenters. The lowest BCUT2D eigenvalue weighted by molar-refractivity contribution is -0.880. The fourth-order valence-electron chi connectivity index (χ4n) is 2.97. The zero-order chi connectivity index (χ0) is 19.8. The summed E-state index contributed by atoms with van der Waals surface area (Å²) < 4.78 is 4.82. The third-order valence-electron chi connectivity index (χ3n) is 4.63. The molecule has 0 aliphatic carbocycles. The molecule has 0 saturated carbocycles. The zero-order valence-corrected chi connectivity index (χ0v) is 17.1. The van der Waals surface area contributed by atoms with E-state index in [1.54, 1.807) is 12.1 Å². The van der Waals surface area contributed by atoms with Crippen LogP contribution in [0.15, 0.2) is 18.2 Å². The van der Waals surface area contributed by atoms with Crippen molar-refractivity contribution in [2.75, 3.05) is 50.6 Å². The van der Waals surface area contributed by atoms with Crippen LogP contribution in [0.5, 0.6) is 0 Å². The van der Waals surface area contributed by atoms with E-state index in [0.717, 1.165) is 44.7 Å². The topological polar surface area (TPSA) is 75.1 Å². The second kappa shape index (κ2) is 10.2. The summed E-state index contributed by atoms with van der Waals surface area (Å²) >= 11 is 5.30. The highest BCUT2D eigenvalue weighted by molar-refractivity contribution is 7.80. The van der Waals surface area contributed by atoms with Crippen LogP contribution in [0.25, 0.3) is 0 Å². The number of hydrogen-bond donors (Lipinski definition) is 3. The van der Waals surface area contributed by atoms with Gasteiger partial charge in [0.2, 0.25) is 5.91 Å². The SMILES string of the molecule is CCCCC(=O)NC(=S)Nc1cc(C(=O)OC)ccc1N1CC[NH+](C)CC1. The number of carbonyl (C=O) groups is 2. The van der Waals surface area contributed by atoms with Crippen molar-refractivity contribution in [3.8, 4) is 0 Å². The number of benzene rings is 1. The molecule has 1 aromatic carbocycles. The monoisotopic (exact) mass is 393 g/mol. The maximum absolute atomic E-state index is 11.9. The van der Waals surface area contributed by atoms with Gasteiger partial charge in [-0.25, -0.2) is 4.79 Å². The van der Waals surface area contributed by atoms with E-state index in [4.69, 9.17) is 17.0 Å². The van der Waals surface area contributed by atoms with E-state index in [9.17, 15) is 9.59 Å². The van der Waals surface area contributed by atoms with Crippen molar-refractivity contribution in [3.05, 3.63) is 23.8 Å². The van der Waals surface area contributed by atoms with Crippen LogP contribution >= 0.6 is 12.2 Å². The lowest BCUT2D eigenvalue weighted by Crippen LogP contribution is -3.12. The summed E-state index contributed by atoms with van der Waals surface area (Å²) in [6.07, 6.45) is 2.21. The van der Waals surface area contributed by atoms with Gasteiger partial charge in [0, 0.05) is 6.42 Å². The molecule has 0 unspecified atom stereocenters. The highest BCUT2D eigenvalue weighted by Gasteiger charge is 2.21. The van der Waals surface area contributed by atoms with Crippen LogP contribution in [-0.4, -0.2) is 57.3 Å². The van der Waals surface area contributed by atoms with Crippen molar-refractivity contribution in [2.45, 2.75) is 26.2 Å². The van der Waals surface area contributed by atoms with Crippen LogP contribution in [0.3, 0.4) is 0 Å². The van der Waals surface area contributed by atoms with Crippen molar-refractivity contribution in [2.24, 2.45) is 0 Å². The van der Waals surface area contributed by atoms with Gasteiger partial charge in [-0.3, -0.25) is 4.79 Å². The minimum absolute atomic E-state index is 0.108. The predicted molar refractivity (Wildman–Crippen MR) is 111 cm³/mol. The molecule has 2 rings (SSSR count). The van der Waals surface area contributed by atoms with Crippen molar-refractivity contribution < 1.29 is 19.2 Å². The van der Waals surface area contributed by atoms with Gasteiger partial charge in [-0.15, -0.1) is 0 Å². The lowest BCUT2D eigenvalue weighted by atomic mass is 10.1. The number of carbonyl (C=O) groups excluding carboxylic acids is 2. The van der Waals surface area contributed by atoms with E-state index in [1.807, 2.05) is 13.0 Å². The molecule has 148 valence electrons. The second-order valence-corrected chi connectivity index (χ2v) is 7.18. The Morgan fingerprint density at radius 3 is 2.63 bits per heavy atom. The summed E-state index contributed by atoms with van der Waals surface area (Å²) in [5.41, 5.74) is 2.09. The predicted octanol–water partition coefficient (Wildman–Crippen LogP) is 0.811. The van der Waals surface area contributed by atoms with Crippen LogP contribution in [-0.2, 0) is 9.53 Å². The number of rotatable bonds is 6. The first-order valence-electron chi connectivity index (χ1n) is 9.34. The molecular weight excluding hydrogens is 364 g/mol. The maximum Gasteiger partial charge on any atom is 0.337 e. The number of anilines is 2. The fourth-order valence-corrected chi connectivity index (χ4v) is 3.19. The number of piperazine rings is 1. The lowest BCUT2D eigenvalue weighted by Gasteiger charge is -2.33. The molecule has 27 heavy (non-hydrogen) atoms. The molecule has 1 aromatic rings. The number of unbranched alkanes of at least 4 members (excludes halogenated alkanes) is 1. The largest absolute Gasteiger partial charge is 0.465 e. The summed E-state index contributed by atoms with van der Waals surface area (Å²) in [5.74, 6) is -0.520. The summed E-state index contributed by atoms with van der Waals surface area (Å²) in [4.78, 5) is 27.6. The molecular formula is C19H29N4O3S+. The average molecular weight is 394 g/mol. The van der Waals surface area contributed by atoms with Gasteiger partial charge in [-0.05, 0) is 36.8 Å². The summed E-state index contributed by atoms with van der Waals surface area (Å²) in [6, 6.07) is 5.37. The Labute approximate surface area is 166 Å². The molecule has 3 N–H and O–H groups in total. The molecule has 1 fully saturated rings. The molecule has 1 amide bonds. The Morgan fingerprint density at radius 2 is 2.00 bits per heavy atom. The number of methoxy groups -OCH3 is 1. The Bertz CT molecular complexity index is 688. The van der Waals surface area contributed by atoms with Crippen LogP contribution < -0.4 is 20.4 Å². The number of nitrogens with one attached hydrogen (secondary N) is 3. The Kier molecular flexibility index (Phi) is 7.99. The number of thiocarbonyl (C=S) groups is 1. The minimum Gasteiger partial charge on any atom is -0.465 e. The van der Waals surface area contributed by atoms with Crippen molar-refractivity contribution in [1.29, 1.82) is 0 Å². The summed E-state index contributed by atoms with van der Waals surface area (Å²) in [6.45, 7) is 5.93. The van der Waals surface area contributed by atoms with Crippen LogP contribution in [0.4, 0.5) is 11.4 Å². The van der Waals surface area contributed by atoms with E-state index < -0.39 is 5.97 Å². The first kappa shape index (κ1) is 21.1. The highest BCUT2D eigenvalue weighted by atomic mass is 32.1. The van der Waals surface area contributed by atoms with E-state index in [1.165, 1.54) is 12.0 Å². The quantitative estimate of drug-likeness (QED) is 0.491. The molecule has 0 aromatic heterocycles. The van der Waals surface area contributed by atoms with E-state index in [-0.39, 0.29) is 11.0 Å². The summed E-state index contributed by atoms with van der Waals surface area (Å²) in [5, 5.41) is 6.03. The number of likely N-dealkylation sites (N-methyl/N-ethyl adjacent to an activating group) is 1. The molecule has 0 bridgehead atoms. The van der Waals surface area contributed by atoms with Gasteiger partial charge in [-0.1, -0.05) is 13.3 Å². The van der Waals surface area contributed by atoms with Crippen LogP contribution in [0, 0.1) is 0 Å². The Morgan fingerprint density at radius 1 is 1.30 bits per heavy atom. The van der Waals surface area contributed by atoms with Gasteiger partial charge in [-0.2, -0.15) is 0 Å². The molecule has 1 aliphatic rings. The maximum atomic E-state index is 11.9. The van der Waals surface area contributed by atoms with Crippen molar-refractivity contribution in [1.82, 2.24) is 5.32 Å². The highest BCUT2D eigenvalue weighted by Crippen LogP contribution is 2.28. The molecule has 1 saturated heterocycles. The molecule has 8 heteroatoms. The van der Waals surface area contributed by atoms with Gasteiger partial charge in [0.1, 0.15) is 0 Å². The fraction of sp³-hybridized carbons (Fsp3) is 0.526. The van der Waals surface area contributed by atoms with Gasteiger partial charge in [0.25, 0.3) is 0 Å². The first-order valence-corrected chi connectivity index (χ1v) is 9.74. The number of quaternary nitrogens is 1. The van der Waals surface area contributed by atoms with E-state index in [2.05, 4.69) is 22.6 Å². The van der Waals surface area contributed by atoms with Gasteiger partial charge >= 0.3 is 5.97 Å².